The van der Waals surface area contributed by atoms with E-state index < -0.39 is 0 Å². The first-order chi connectivity index (χ1) is 33.3. The van der Waals surface area contributed by atoms with Gasteiger partial charge in [-0.3, -0.25) is 0 Å². The van der Waals surface area contributed by atoms with Crippen molar-refractivity contribution in [1.29, 1.82) is 0 Å². The number of aromatic nitrogens is 1. The van der Waals surface area contributed by atoms with E-state index in [-0.39, 0.29) is 0 Å². The number of fused-ring (bicyclic) bond motifs is 5. The Labute approximate surface area is 408 Å². The van der Waals surface area contributed by atoms with E-state index in [0.717, 1.165) is 6.42 Å². The first-order valence-electron chi connectivity index (χ1n) is 25.6. The molecule has 0 amide bonds. The third-order valence-corrected chi connectivity index (χ3v) is 15.7. The van der Waals surface area contributed by atoms with Crippen molar-refractivity contribution in [1.82, 2.24) is 4.57 Å². The van der Waals surface area contributed by atoms with E-state index in [1.807, 2.05) is 0 Å². The standard InChI is InChI=1S/C68H63N/c1-38(2)57-16-13-17-58(39(3)4)66(57)54-28-48-20-22-50-30-55(31-51-23-21-49(29-54)64(48)65(50)51)67-59(40(5)6)34-53(35-60(67)41(7)8)52-27-43(10)68-62(36-52)61-33-44-14-11-12-15-45(44)37-63(61)69(68)56-25-24-46-26-42(9)18-19-47(46)32-56/h11-25,27-42H,26H2,1-10H3. The Bertz CT molecular complexity index is 3780. The molecule has 69 heavy (non-hydrogen) atoms. The van der Waals surface area contributed by atoms with Crippen LogP contribution in [0.2, 0.25) is 0 Å². The lowest BCUT2D eigenvalue weighted by molar-refractivity contribution is 0.717. The minimum Gasteiger partial charge on any atom is -0.309 e. The van der Waals surface area contributed by atoms with Crippen LogP contribution in [0.4, 0.5) is 0 Å². The molecule has 11 aromatic rings. The maximum atomic E-state index is 2.53. The molecule has 0 fully saturated rings. The van der Waals surface area contributed by atoms with E-state index in [2.05, 4.69) is 232 Å². The number of benzene rings is 10. The average molecular weight is 894 g/mol. The smallest absolute Gasteiger partial charge is 0.0570 e. The quantitative estimate of drug-likeness (QED) is 0.134. The van der Waals surface area contributed by atoms with Crippen LogP contribution in [-0.4, -0.2) is 4.57 Å². The van der Waals surface area contributed by atoms with E-state index in [1.165, 1.54) is 143 Å². The largest absolute Gasteiger partial charge is 0.309 e. The maximum Gasteiger partial charge on any atom is 0.0570 e. The predicted octanol–water partition coefficient (Wildman–Crippen LogP) is 19.8. The van der Waals surface area contributed by atoms with Crippen LogP contribution in [0.25, 0.3) is 110 Å². The zero-order valence-corrected chi connectivity index (χ0v) is 42.1. The predicted molar refractivity (Wildman–Crippen MR) is 301 cm³/mol. The number of rotatable bonds is 8. The van der Waals surface area contributed by atoms with Crippen molar-refractivity contribution in [2.75, 3.05) is 0 Å². The van der Waals surface area contributed by atoms with Gasteiger partial charge in [-0.25, -0.2) is 0 Å². The van der Waals surface area contributed by atoms with Gasteiger partial charge in [0.25, 0.3) is 0 Å². The molecule has 0 saturated heterocycles. The van der Waals surface area contributed by atoms with Crippen molar-refractivity contribution < 1.29 is 0 Å². The van der Waals surface area contributed by atoms with Crippen LogP contribution in [0.5, 0.6) is 0 Å². The van der Waals surface area contributed by atoms with Gasteiger partial charge in [0.1, 0.15) is 0 Å². The Morgan fingerprint density at radius 3 is 1.52 bits per heavy atom. The molecule has 0 N–H and O–H groups in total. The monoisotopic (exact) mass is 893 g/mol. The highest BCUT2D eigenvalue weighted by molar-refractivity contribution is 6.25. The van der Waals surface area contributed by atoms with E-state index in [0.29, 0.717) is 29.6 Å². The molecule has 1 unspecified atom stereocenters. The highest BCUT2D eigenvalue weighted by atomic mass is 15.0. The van der Waals surface area contributed by atoms with Gasteiger partial charge in [-0.05, 0) is 219 Å². The maximum absolute atomic E-state index is 2.53. The molecule has 340 valence electrons. The summed E-state index contributed by atoms with van der Waals surface area (Å²) in [4.78, 5) is 0. The van der Waals surface area contributed by atoms with Gasteiger partial charge in [0, 0.05) is 16.5 Å². The molecule has 1 nitrogen and oxygen atoms in total. The molecule has 0 spiro atoms. The number of hydrogen-bond acceptors (Lipinski definition) is 0. The molecule has 0 aliphatic heterocycles. The van der Waals surface area contributed by atoms with Crippen LogP contribution in [-0.2, 0) is 6.42 Å². The second-order valence-corrected chi connectivity index (χ2v) is 21.9. The lowest BCUT2D eigenvalue weighted by Gasteiger charge is -2.24. The molecule has 1 heterocycles. The zero-order chi connectivity index (χ0) is 47.6. The van der Waals surface area contributed by atoms with Gasteiger partial charge in [-0.2, -0.15) is 0 Å². The molecule has 1 heteroatoms. The number of hydrogen-bond donors (Lipinski definition) is 0. The van der Waals surface area contributed by atoms with Gasteiger partial charge >= 0.3 is 0 Å². The van der Waals surface area contributed by atoms with E-state index in [1.54, 1.807) is 0 Å². The third-order valence-electron chi connectivity index (χ3n) is 15.7. The molecule has 0 radical (unpaired) electrons. The summed E-state index contributed by atoms with van der Waals surface area (Å²) in [5, 5.41) is 13.1. The molecule has 10 aromatic carbocycles. The summed E-state index contributed by atoms with van der Waals surface area (Å²) in [5.74, 6) is 2.10. The second-order valence-electron chi connectivity index (χ2n) is 21.9. The summed E-state index contributed by atoms with van der Waals surface area (Å²) in [6, 6.07) is 57.1. The van der Waals surface area contributed by atoms with E-state index >= 15 is 0 Å². The second kappa shape index (κ2) is 16.3. The minimum absolute atomic E-state index is 0.324. The summed E-state index contributed by atoms with van der Waals surface area (Å²) in [7, 11) is 0. The fraction of sp³-hybridized carbons (Fsp3) is 0.235. The molecule has 1 aliphatic rings. The van der Waals surface area contributed by atoms with Crippen molar-refractivity contribution in [3.63, 3.8) is 0 Å². The Hall–Kier alpha value is -6.96. The normalized spacial score (nSPS) is 14.2. The van der Waals surface area contributed by atoms with Gasteiger partial charge in [-0.15, -0.1) is 0 Å². The Balaban J connectivity index is 1.02. The number of nitrogens with zero attached hydrogens (tertiary/aromatic N) is 1. The summed E-state index contributed by atoms with van der Waals surface area (Å²) in [5.41, 5.74) is 21.5. The lowest BCUT2D eigenvalue weighted by Crippen LogP contribution is -2.05. The fourth-order valence-electron chi connectivity index (χ4n) is 12.3. The average Bonchev–Trinajstić information content (AvgIpc) is 3.67. The van der Waals surface area contributed by atoms with Crippen molar-refractivity contribution >= 4 is 71.0 Å². The molecular weight excluding hydrogens is 831 g/mol. The first kappa shape index (κ1) is 43.3. The van der Waals surface area contributed by atoms with Crippen LogP contribution in [0, 0.1) is 12.8 Å². The van der Waals surface area contributed by atoms with Crippen LogP contribution >= 0.6 is 0 Å². The minimum atomic E-state index is 0.324. The van der Waals surface area contributed by atoms with Crippen LogP contribution < -0.4 is 0 Å². The highest BCUT2D eigenvalue weighted by Gasteiger charge is 2.24. The lowest BCUT2D eigenvalue weighted by atomic mass is 9.80. The third kappa shape index (κ3) is 7.02. The Kier molecular flexibility index (Phi) is 10.3. The summed E-state index contributed by atoms with van der Waals surface area (Å²) >= 11 is 0. The van der Waals surface area contributed by atoms with Gasteiger partial charge in [0.2, 0.25) is 0 Å². The van der Waals surface area contributed by atoms with Crippen LogP contribution in [0.15, 0.2) is 152 Å². The van der Waals surface area contributed by atoms with E-state index in [4.69, 9.17) is 0 Å². The van der Waals surface area contributed by atoms with Crippen molar-refractivity contribution in [3.05, 3.63) is 191 Å². The SMILES string of the molecule is Cc1cc(-c2cc(C(C)C)c(-c3cc4ccc5cc(-c6c(C(C)C)cccc6C(C)C)cc6ccc(c3)c4c56)c(C(C)C)c2)cc2c3cc4ccccc4cc3n(-c3ccc4c(c3)C=CC(C)C4)c12. The van der Waals surface area contributed by atoms with Gasteiger partial charge in [-0.1, -0.05) is 159 Å². The molecule has 0 bridgehead atoms. The molecule has 1 atom stereocenters. The summed E-state index contributed by atoms with van der Waals surface area (Å²) in [6.45, 7) is 23.4. The van der Waals surface area contributed by atoms with Crippen LogP contribution in [0.3, 0.4) is 0 Å². The zero-order valence-electron chi connectivity index (χ0n) is 42.1. The van der Waals surface area contributed by atoms with Gasteiger partial charge in [0.05, 0.1) is 11.0 Å². The van der Waals surface area contributed by atoms with Crippen LogP contribution in [0.1, 0.15) is 125 Å². The molecule has 1 aliphatic carbocycles. The molecule has 12 rings (SSSR count). The Morgan fingerprint density at radius 1 is 0.449 bits per heavy atom. The number of allylic oxidation sites excluding steroid dienone is 1. The highest BCUT2D eigenvalue weighted by Crippen LogP contribution is 2.47. The first-order valence-corrected chi connectivity index (χ1v) is 25.6. The van der Waals surface area contributed by atoms with Crippen molar-refractivity contribution in [3.8, 4) is 39.1 Å². The van der Waals surface area contributed by atoms with Crippen molar-refractivity contribution in [2.45, 2.75) is 99.3 Å². The Morgan fingerprint density at radius 2 is 0.971 bits per heavy atom. The topological polar surface area (TPSA) is 4.93 Å². The number of aryl methyl sites for hydroxylation is 1. The molecule has 1 aromatic heterocycles. The van der Waals surface area contributed by atoms with E-state index in [9.17, 15) is 0 Å². The fourth-order valence-corrected chi connectivity index (χ4v) is 12.3. The summed E-state index contributed by atoms with van der Waals surface area (Å²) < 4.78 is 2.53. The van der Waals surface area contributed by atoms with Gasteiger partial charge in [0.15, 0.2) is 0 Å². The molecule has 0 saturated carbocycles. The van der Waals surface area contributed by atoms with Gasteiger partial charge < -0.3 is 4.57 Å². The molecular formula is C68H63N. The summed E-state index contributed by atoms with van der Waals surface area (Å²) in [6.07, 6.45) is 5.78. The van der Waals surface area contributed by atoms with Crippen molar-refractivity contribution in [2.24, 2.45) is 5.92 Å².